The number of rotatable bonds is 4. The van der Waals surface area contributed by atoms with Crippen molar-refractivity contribution in [3.8, 4) is 0 Å². The summed E-state index contributed by atoms with van der Waals surface area (Å²) in [6, 6.07) is 6.28. The number of pyridine rings is 1. The van der Waals surface area contributed by atoms with Crippen LogP contribution >= 0.6 is 0 Å². The first-order valence-corrected chi connectivity index (χ1v) is 9.23. The molecule has 1 fully saturated rings. The van der Waals surface area contributed by atoms with Gasteiger partial charge in [-0.3, -0.25) is 10.7 Å². The Labute approximate surface area is 175 Å². The van der Waals surface area contributed by atoms with Crippen LogP contribution in [0.3, 0.4) is 0 Å². The first-order valence-electron chi connectivity index (χ1n) is 9.23. The van der Waals surface area contributed by atoms with Gasteiger partial charge in [-0.15, -0.1) is 0 Å². The zero-order valence-electron chi connectivity index (χ0n) is 16.2. The van der Waals surface area contributed by atoms with Crippen LogP contribution in [0.5, 0.6) is 0 Å². The van der Waals surface area contributed by atoms with Crippen molar-refractivity contribution in [2.24, 2.45) is 5.73 Å². The molecule has 2 heterocycles. The van der Waals surface area contributed by atoms with Crippen LogP contribution in [0.15, 0.2) is 36.5 Å². The Kier molecular flexibility index (Phi) is 6.47. The Morgan fingerprint density at radius 2 is 1.74 bits per heavy atom. The van der Waals surface area contributed by atoms with Crippen molar-refractivity contribution in [1.82, 2.24) is 10.3 Å². The van der Waals surface area contributed by atoms with Crippen LogP contribution in [0.25, 0.3) is 0 Å². The lowest BCUT2D eigenvalue weighted by Gasteiger charge is -2.37. The van der Waals surface area contributed by atoms with Gasteiger partial charge in [0.15, 0.2) is 17.6 Å². The molecule has 1 aromatic heterocycles. The predicted octanol–water partition coefficient (Wildman–Crippen LogP) is 2.69. The summed E-state index contributed by atoms with van der Waals surface area (Å²) in [6.07, 6.45) is -3.97. The number of hydrogen-bond acceptors (Lipinski definition) is 6. The Morgan fingerprint density at radius 3 is 2.32 bits per heavy atom. The predicted molar refractivity (Wildman–Crippen MR) is 105 cm³/mol. The highest BCUT2D eigenvalue weighted by Gasteiger charge is 2.30. The SMILES string of the molecule is N=C(N)NC(=O)OCc1ccnc(N2CCN(c3ccc(C(F)(F)F)cc3)CC2)c1F. The van der Waals surface area contributed by atoms with E-state index in [0.29, 0.717) is 31.9 Å². The molecule has 1 aliphatic rings. The maximum Gasteiger partial charge on any atom is 0.416 e. The van der Waals surface area contributed by atoms with Gasteiger partial charge in [0, 0.05) is 43.6 Å². The van der Waals surface area contributed by atoms with Gasteiger partial charge in [-0.1, -0.05) is 0 Å². The van der Waals surface area contributed by atoms with Crippen molar-refractivity contribution < 1.29 is 27.1 Å². The summed E-state index contributed by atoms with van der Waals surface area (Å²) in [6.45, 7) is 1.37. The Balaban J connectivity index is 1.61. The molecule has 0 spiro atoms. The lowest BCUT2D eigenvalue weighted by Crippen LogP contribution is -2.47. The number of nitrogens with zero attached hydrogens (tertiary/aromatic N) is 3. The van der Waals surface area contributed by atoms with Crippen molar-refractivity contribution in [1.29, 1.82) is 5.41 Å². The van der Waals surface area contributed by atoms with E-state index >= 15 is 0 Å². The largest absolute Gasteiger partial charge is 0.444 e. The normalized spacial score (nSPS) is 14.3. The van der Waals surface area contributed by atoms with Crippen molar-refractivity contribution in [2.75, 3.05) is 36.0 Å². The summed E-state index contributed by atoms with van der Waals surface area (Å²) in [7, 11) is 0. The Hall–Kier alpha value is -3.57. The molecule has 1 amide bonds. The van der Waals surface area contributed by atoms with Crippen LogP contribution in [0.4, 0.5) is 33.9 Å². The third kappa shape index (κ3) is 5.53. The number of piperazine rings is 1. The number of aromatic nitrogens is 1. The van der Waals surface area contributed by atoms with Crippen molar-refractivity contribution >= 4 is 23.6 Å². The van der Waals surface area contributed by atoms with E-state index in [0.717, 1.165) is 12.1 Å². The Morgan fingerprint density at radius 1 is 1.13 bits per heavy atom. The minimum absolute atomic E-state index is 0.0974. The van der Waals surface area contributed by atoms with Gasteiger partial charge in [0.25, 0.3) is 0 Å². The lowest BCUT2D eigenvalue weighted by atomic mass is 10.1. The second-order valence-corrected chi connectivity index (χ2v) is 6.74. The molecule has 1 aliphatic heterocycles. The first kappa shape index (κ1) is 22.1. The van der Waals surface area contributed by atoms with E-state index in [1.807, 2.05) is 10.2 Å². The number of amides is 1. The summed E-state index contributed by atoms with van der Waals surface area (Å²) >= 11 is 0. The zero-order chi connectivity index (χ0) is 22.6. The zero-order valence-corrected chi connectivity index (χ0v) is 16.2. The van der Waals surface area contributed by atoms with Crippen LogP contribution in [0.2, 0.25) is 0 Å². The summed E-state index contributed by atoms with van der Waals surface area (Å²) in [4.78, 5) is 19.1. The van der Waals surface area contributed by atoms with Gasteiger partial charge >= 0.3 is 12.3 Å². The van der Waals surface area contributed by atoms with Crippen molar-refractivity contribution in [2.45, 2.75) is 12.8 Å². The van der Waals surface area contributed by atoms with E-state index in [9.17, 15) is 22.4 Å². The second kappa shape index (κ2) is 9.06. The molecule has 0 atom stereocenters. The molecule has 8 nitrogen and oxygen atoms in total. The number of carbonyl (C=O) groups is 1. The number of guanidine groups is 1. The fraction of sp³-hybridized carbons (Fsp3) is 0.316. The van der Waals surface area contributed by atoms with Crippen molar-refractivity contribution in [3.05, 3.63) is 53.5 Å². The van der Waals surface area contributed by atoms with Crippen LogP contribution in [-0.4, -0.2) is 43.2 Å². The van der Waals surface area contributed by atoms with Crippen LogP contribution in [0.1, 0.15) is 11.1 Å². The second-order valence-electron chi connectivity index (χ2n) is 6.74. The molecule has 2 aromatic rings. The first-order chi connectivity index (χ1) is 14.6. The van der Waals surface area contributed by atoms with E-state index in [1.54, 1.807) is 4.90 Å². The number of anilines is 2. The highest BCUT2D eigenvalue weighted by molar-refractivity contribution is 5.90. The molecule has 1 saturated heterocycles. The molecule has 1 aromatic carbocycles. The van der Waals surface area contributed by atoms with E-state index in [1.165, 1.54) is 24.4 Å². The minimum atomic E-state index is -4.39. The van der Waals surface area contributed by atoms with E-state index < -0.39 is 29.6 Å². The fourth-order valence-corrected chi connectivity index (χ4v) is 3.13. The van der Waals surface area contributed by atoms with Gasteiger partial charge in [0.2, 0.25) is 0 Å². The van der Waals surface area contributed by atoms with Crippen LogP contribution in [0, 0.1) is 11.2 Å². The summed E-state index contributed by atoms with van der Waals surface area (Å²) in [5.41, 5.74) is 5.07. The van der Waals surface area contributed by atoms with E-state index in [4.69, 9.17) is 15.9 Å². The molecule has 0 saturated carbocycles. The van der Waals surface area contributed by atoms with E-state index in [2.05, 4.69) is 4.98 Å². The molecule has 0 aliphatic carbocycles. The standard InChI is InChI=1S/C19H20F4N6O2/c20-15-12(11-31-18(30)27-17(24)25)5-6-26-16(15)29-9-7-28(8-10-29)14-3-1-13(2-4-14)19(21,22)23/h1-6H,7-11H2,(H4,24,25,27,30). The van der Waals surface area contributed by atoms with Gasteiger partial charge < -0.3 is 20.3 Å². The molecule has 166 valence electrons. The maximum atomic E-state index is 14.8. The van der Waals surface area contributed by atoms with Gasteiger partial charge in [-0.25, -0.2) is 14.2 Å². The fourth-order valence-electron chi connectivity index (χ4n) is 3.13. The summed E-state index contributed by atoms with van der Waals surface area (Å²) < 4.78 is 57.8. The average Bonchev–Trinajstić information content (AvgIpc) is 2.72. The smallest absolute Gasteiger partial charge is 0.416 e. The maximum absolute atomic E-state index is 14.8. The monoisotopic (exact) mass is 440 g/mol. The highest BCUT2D eigenvalue weighted by Crippen LogP contribution is 2.31. The number of alkyl carbamates (subject to hydrolysis) is 1. The van der Waals surface area contributed by atoms with Gasteiger partial charge in [0.05, 0.1) is 5.56 Å². The number of carbonyl (C=O) groups excluding carboxylic acids is 1. The molecule has 0 unspecified atom stereocenters. The third-order valence-electron chi connectivity index (χ3n) is 4.69. The number of ether oxygens (including phenoxy) is 1. The third-order valence-corrected chi connectivity index (χ3v) is 4.69. The summed E-state index contributed by atoms with van der Waals surface area (Å²) in [5.74, 6) is -1.13. The number of hydrogen-bond donors (Lipinski definition) is 3. The molecule has 4 N–H and O–H groups in total. The molecule has 12 heteroatoms. The molecular weight excluding hydrogens is 420 g/mol. The minimum Gasteiger partial charge on any atom is -0.444 e. The van der Waals surface area contributed by atoms with Crippen LogP contribution < -0.4 is 20.9 Å². The van der Waals surface area contributed by atoms with Crippen molar-refractivity contribution in [3.63, 3.8) is 0 Å². The highest BCUT2D eigenvalue weighted by atomic mass is 19.4. The molecular formula is C19H20F4N6O2. The quantitative estimate of drug-likeness (QED) is 0.383. The molecule has 3 rings (SSSR count). The molecule has 0 bridgehead atoms. The number of nitrogens with one attached hydrogen (secondary N) is 2. The molecule has 0 radical (unpaired) electrons. The van der Waals surface area contributed by atoms with E-state index in [-0.39, 0.29) is 18.0 Å². The van der Waals surface area contributed by atoms with Gasteiger partial charge in [-0.05, 0) is 30.3 Å². The summed E-state index contributed by atoms with van der Waals surface area (Å²) in [5, 5.41) is 8.88. The number of benzene rings is 1. The lowest BCUT2D eigenvalue weighted by molar-refractivity contribution is -0.137. The number of halogens is 4. The van der Waals surface area contributed by atoms with Gasteiger partial charge in [0.1, 0.15) is 6.61 Å². The average molecular weight is 440 g/mol. The molecule has 31 heavy (non-hydrogen) atoms. The van der Waals surface area contributed by atoms with Crippen LogP contribution in [-0.2, 0) is 17.5 Å². The number of alkyl halides is 3. The topological polar surface area (TPSA) is 108 Å². The van der Waals surface area contributed by atoms with Gasteiger partial charge in [-0.2, -0.15) is 13.2 Å². The Bertz CT molecular complexity index is 943. The number of nitrogens with two attached hydrogens (primary N) is 1.